The highest BCUT2D eigenvalue weighted by Crippen LogP contribution is 2.28. The summed E-state index contributed by atoms with van der Waals surface area (Å²) in [5, 5.41) is 8.80. The quantitative estimate of drug-likeness (QED) is 0.220. The SMILES string of the molecule is CCCCCC(C)(C)C/C=C\C/C=C\C/C=C\C/C=C\CCC(C)C(=O)O. The van der Waals surface area contributed by atoms with E-state index in [9.17, 15) is 4.79 Å². The van der Waals surface area contributed by atoms with Crippen LogP contribution in [-0.4, -0.2) is 11.1 Å². The molecule has 0 fully saturated rings. The van der Waals surface area contributed by atoms with Crippen LogP contribution < -0.4 is 0 Å². The van der Waals surface area contributed by atoms with E-state index in [1.807, 2.05) is 0 Å². The van der Waals surface area contributed by atoms with Gasteiger partial charge in [-0.15, -0.1) is 0 Å². The van der Waals surface area contributed by atoms with Crippen molar-refractivity contribution in [2.45, 2.75) is 91.9 Å². The molecule has 0 spiro atoms. The van der Waals surface area contributed by atoms with Crippen molar-refractivity contribution in [3.63, 3.8) is 0 Å². The van der Waals surface area contributed by atoms with Crippen molar-refractivity contribution >= 4 is 5.97 Å². The normalized spacial score (nSPS) is 14.2. The van der Waals surface area contributed by atoms with Gasteiger partial charge in [0.2, 0.25) is 0 Å². The molecule has 0 radical (unpaired) electrons. The molecule has 0 saturated heterocycles. The number of rotatable bonds is 16. The number of unbranched alkanes of at least 4 members (excludes halogenated alkanes) is 2. The lowest BCUT2D eigenvalue weighted by Gasteiger charge is -2.22. The summed E-state index contributed by atoms with van der Waals surface area (Å²) in [6.07, 6.45) is 28.5. The van der Waals surface area contributed by atoms with Gasteiger partial charge in [-0.2, -0.15) is 0 Å². The molecule has 0 amide bonds. The molecule has 0 rings (SSSR count). The van der Waals surface area contributed by atoms with Gasteiger partial charge in [0.15, 0.2) is 0 Å². The Balaban J connectivity index is 3.71. The molecule has 2 nitrogen and oxygen atoms in total. The fourth-order valence-electron chi connectivity index (χ4n) is 2.76. The number of carboxylic acids is 1. The van der Waals surface area contributed by atoms with Crippen molar-refractivity contribution in [3.05, 3.63) is 48.6 Å². The molecule has 0 aromatic rings. The third kappa shape index (κ3) is 17.6. The van der Waals surface area contributed by atoms with Gasteiger partial charge in [0.05, 0.1) is 5.92 Å². The Kier molecular flexibility index (Phi) is 15.6. The van der Waals surface area contributed by atoms with E-state index in [0.717, 1.165) is 25.7 Å². The Labute approximate surface area is 168 Å². The molecule has 1 unspecified atom stereocenters. The molecule has 0 heterocycles. The zero-order chi connectivity index (χ0) is 20.4. The monoisotopic (exact) mass is 374 g/mol. The van der Waals surface area contributed by atoms with Crippen LogP contribution in [0.25, 0.3) is 0 Å². The van der Waals surface area contributed by atoms with Crippen LogP contribution in [-0.2, 0) is 4.79 Å². The molecule has 1 atom stereocenters. The molecule has 0 aromatic heterocycles. The fraction of sp³-hybridized carbons (Fsp3) is 0.640. The summed E-state index contributed by atoms with van der Waals surface area (Å²) in [6.45, 7) is 8.76. The van der Waals surface area contributed by atoms with Crippen molar-refractivity contribution in [3.8, 4) is 0 Å². The van der Waals surface area contributed by atoms with Crippen LogP contribution in [0.2, 0.25) is 0 Å². The second kappa shape index (κ2) is 16.6. The van der Waals surface area contributed by atoms with Crippen LogP contribution >= 0.6 is 0 Å². The first kappa shape index (κ1) is 25.4. The predicted octanol–water partition coefficient (Wildman–Crippen LogP) is 7.88. The summed E-state index contributed by atoms with van der Waals surface area (Å²) in [7, 11) is 0. The Morgan fingerprint density at radius 3 is 1.93 bits per heavy atom. The Bertz CT molecular complexity index is 481. The first-order valence-corrected chi connectivity index (χ1v) is 10.7. The summed E-state index contributed by atoms with van der Waals surface area (Å²) in [6, 6.07) is 0. The van der Waals surface area contributed by atoms with E-state index in [0.29, 0.717) is 11.8 Å². The maximum absolute atomic E-state index is 10.7. The average Bonchev–Trinajstić information content (AvgIpc) is 2.61. The summed E-state index contributed by atoms with van der Waals surface area (Å²) in [5.41, 5.74) is 0.428. The zero-order valence-corrected chi connectivity index (χ0v) is 18.1. The van der Waals surface area contributed by atoms with E-state index in [4.69, 9.17) is 5.11 Å². The van der Waals surface area contributed by atoms with Gasteiger partial charge in [0.25, 0.3) is 0 Å². The molecule has 1 N–H and O–H groups in total. The minimum Gasteiger partial charge on any atom is -0.481 e. The summed E-state index contributed by atoms with van der Waals surface area (Å²) < 4.78 is 0. The van der Waals surface area contributed by atoms with Crippen molar-refractivity contribution in [1.29, 1.82) is 0 Å². The second-order valence-electron chi connectivity index (χ2n) is 8.23. The third-order valence-electron chi connectivity index (χ3n) is 4.80. The van der Waals surface area contributed by atoms with Gasteiger partial charge in [-0.05, 0) is 50.4 Å². The lowest BCUT2D eigenvalue weighted by molar-refractivity contribution is -0.141. The molecule has 0 aliphatic rings. The maximum Gasteiger partial charge on any atom is 0.306 e. The highest BCUT2D eigenvalue weighted by Gasteiger charge is 2.14. The maximum atomic E-state index is 10.7. The van der Waals surface area contributed by atoms with Gasteiger partial charge in [0, 0.05) is 0 Å². The molecule has 2 heteroatoms. The van der Waals surface area contributed by atoms with Gasteiger partial charge < -0.3 is 5.11 Å². The van der Waals surface area contributed by atoms with E-state index in [-0.39, 0.29) is 5.92 Å². The average molecular weight is 375 g/mol. The van der Waals surface area contributed by atoms with Gasteiger partial charge in [0.1, 0.15) is 0 Å². The lowest BCUT2D eigenvalue weighted by atomic mass is 9.83. The van der Waals surface area contributed by atoms with Crippen molar-refractivity contribution in [1.82, 2.24) is 0 Å². The second-order valence-corrected chi connectivity index (χ2v) is 8.23. The number of allylic oxidation sites excluding steroid dienone is 8. The Morgan fingerprint density at radius 1 is 0.889 bits per heavy atom. The summed E-state index contributed by atoms with van der Waals surface area (Å²) in [5.74, 6) is -0.961. The van der Waals surface area contributed by atoms with E-state index in [1.54, 1.807) is 6.92 Å². The molecule has 0 aliphatic heterocycles. The van der Waals surface area contributed by atoms with Gasteiger partial charge in [-0.25, -0.2) is 0 Å². The van der Waals surface area contributed by atoms with E-state index in [1.165, 1.54) is 32.1 Å². The first-order chi connectivity index (χ1) is 12.9. The van der Waals surface area contributed by atoms with Crippen molar-refractivity contribution in [2.75, 3.05) is 0 Å². The van der Waals surface area contributed by atoms with E-state index in [2.05, 4.69) is 69.4 Å². The smallest absolute Gasteiger partial charge is 0.306 e. The third-order valence-corrected chi connectivity index (χ3v) is 4.80. The molecule has 0 saturated carbocycles. The molecule has 0 aliphatic carbocycles. The minimum absolute atomic E-state index is 0.253. The zero-order valence-electron chi connectivity index (χ0n) is 18.1. The highest BCUT2D eigenvalue weighted by atomic mass is 16.4. The summed E-state index contributed by atoms with van der Waals surface area (Å²) in [4.78, 5) is 10.7. The van der Waals surface area contributed by atoms with Crippen LogP contribution in [0, 0.1) is 11.3 Å². The number of hydrogen-bond donors (Lipinski definition) is 1. The van der Waals surface area contributed by atoms with Crippen molar-refractivity contribution < 1.29 is 9.90 Å². The predicted molar refractivity (Wildman–Crippen MR) is 119 cm³/mol. The van der Waals surface area contributed by atoms with Gasteiger partial charge >= 0.3 is 5.97 Å². The molecule has 0 bridgehead atoms. The van der Waals surface area contributed by atoms with Gasteiger partial charge in [-0.1, -0.05) is 95.6 Å². The van der Waals surface area contributed by atoms with Crippen LogP contribution in [0.1, 0.15) is 91.9 Å². The molecular formula is C25H42O2. The van der Waals surface area contributed by atoms with Crippen molar-refractivity contribution in [2.24, 2.45) is 11.3 Å². The Morgan fingerprint density at radius 2 is 1.41 bits per heavy atom. The topological polar surface area (TPSA) is 37.3 Å². The van der Waals surface area contributed by atoms with Crippen LogP contribution in [0.4, 0.5) is 0 Å². The molecular weight excluding hydrogens is 332 g/mol. The molecule has 154 valence electrons. The van der Waals surface area contributed by atoms with E-state index < -0.39 is 5.97 Å². The standard InChI is InChI=1S/C25H42O2/c1-5-6-18-21-25(3,4)22-19-16-14-12-10-8-7-9-11-13-15-17-20-23(2)24(26)27/h7,9-10,12-13,15-16,19,23H,5-6,8,11,14,17-18,20-22H2,1-4H3,(H,26,27)/b9-7-,12-10-,15-13-,19-16-. The molecule has 27 heavy (non-hydrogen) atoms. The number of carbonyl (C=O) groups is 1. The van der Waals surface area contributed by atoms with Crippen LogP contribution in [0.5, 0.6) is 0 Å². The number of carboxylic acid groups (broad SMARTS) is 1. The minimum atomic E-state index is -0.708. The summed E-state index contributed by atoms with van der Waals surface area (Å²) >= 11 is 0. The van der Waals surface area contributed by atoms with Crippen LogP contribution in [0.15, 0.2) is 48.6 Å². The lowest BCUT2D eigenvalue weighted by Crippen LogP contribution is -2.09. The van der Waals surface area contributed by atoms with E-state index >= 15 is 0 Å². The molecule has 0 aromatic carbocycles. The van der Waals surface area contributed by atoms with Gasteiger partial charge in [-0.3, -0.25) is 4.79 Å². The first-order valence-electron chi connectivity index (χ1n) is 10.7. The largest absolute Gasteiger partial charge is 0.481 e. The fourth-order valence-corrected chi connectivity index (χ4v) is 2.76. The highest BCUT2D eigenvalue weighted by molar-refractivity contribution is 5.69. The number of aliphatic carboxylic acids is 1. The Hall–Kier alpha value is -1.57. The van der Waals surface area contributed by atoms with Crippen LogP contribution in [0.3, 0.4) is 0 Å². The number of hydrogen-bond acceptors (Lipinski definition) is 1.